The number of piperidine rings is 1. The molecule has 3 aromatic heterocycles. The van der Waals surface area contributed by atoms with Crippen molar-refractivity contribution in [1.82, 2.24) is 29.4 Å². The van der Waals surface area contributed by atoms with Gasteiger partial charge in [0.05, 0.1) is 22.9 Å². The minimum atomic E-state index is 0.0792. The minimum absolute atomic E-state index is 0.0792. The van der Waals surface area contributed by atoms with Crippen molar-refractivity contribution in [1.29, 1.82) is 0 Å². The second kappa shape index (κ2) is 6.42. The first-order chi connectivity index (χ1) is 14.3. The van der Waals surface area contributed by atoms with Gasteiger partial charge in [0.1, 0.15) is 5.82 Å². The molecule has 2 atom stereocenters. The van der Waals surface area contributed by atoms with E-state index in [0.717, 1.165) is 47.7 Å². The van der Waals surface area contributed by atoms with Gasteiger partial charge in [-0.1, -0.05) is 6.07 Å². The second-order valence-electron chi connectivity index (χ2n) is 8.18. The Morgan fingerprint density at radius 2 is 2.10 bits per heavy atom. The summed E-state index contributed by atoms with van der Waals surface area (Å²) in [5.41, 5.74) is 5.01. The molecule has 0 radical (unpaired) electrons. The van der Waals surface area contributed by atoms with Gasteiger partial charge in [-0.25, -0.2) is 9.97 Å². The van der Waals surface area contributed by atoms with Gasteiger partial charge in [0.2, 0.25) is 0 Å². The van der Waals surface area contributed by atoms with Crippen LogP contribution in [0.1, 0.15) is 23.6 Å². The molecule has 7 heteroatoms. The lowest BCUT2D eigenvalue weighted by Crippen LogP contribution is -2.45. The van der Waals surface area contributed by atoms with Crippen LogP contribution in [0.5, 0.6) is 0 Å². The van der Waals surface area contributed by atoms with Crippen molar-refractivity contribution in [3.63, 3.8) is 0 Å². The topological polar surface area (TPSA) is 80.5 Å². The number of nitrogens with zero attached hydrogens (tertiary/aromatic N) is 4. The highest BCUT2D eigenvalue weighted by Crippen LogP contribution is 2.32. The summed E-state index contributed by atoms with van der Waals surface area (Å²) in [6.07, 6.45) is 6.59. The largest absolute Gasteiger partial charge is 0.345 e. The molecule has 0 unspecified atom stereocenters. The van der Waals surface area contributed by atoms with Crippen LogP contribution >= 0.6 is 0 Å². The smallest absolute Gasteiger partial charge is 0.261 e. The predicted octanol–water partition coefficient (Wildman–Crippen LogP) is 2.34. The lowest BCUT2D eigenvalue weighted by atomic mass is 9.84. The van der Waals surface area contributed by atoms with Crippen LogP contribution in [0.25, 0.3) is 22.4 Å². The van der Waals surface area contributed by atoms with Gasteiger partial charge in [0.25, 0.3) is 5.56 Å². The maximum atomic E-state index is 13.4. The lowest BCUT2D eigenvalue weighted by Gasteiger charge is -2.37. The molecule has 5 heterocycles. The van der Waals surface area contributed by atoms with Gasteiger partial charge in [-0.15, -0.1) is 0 Å². The SMILES string of the molecule is O=c1c(-c2nccn2Cc2ccc3nc[nH]c3c2)ccc2n1C[C@@H]1CNC[C@H]2C1. The maximum absolute atomic E-state index is 13.4. The number of imidazole rings is 2. The van der Waals surface area contributed by atoms with Crippen LogP contribution in [-0.2, 0) is 13.1 Å². The standard InChI is InChI=1S/C22H22N6O/c29-22-17(2-4-20-16-7-15(9-23-10-16)12-28(20)22)21-24-5-6-27(21)11-14-1-3-18-19(8-14)26-13-25-18/h1-6,8,13,15-16,23H,7,9-12H2,(H,25,26)/t15-,16+/m0/s1. The Morgan fingerprint density at radius 1 is 1.14 bits per heavy atom. The third kappa shape index (κ3) is 2.73. The molecule has 2 aliphatic heterocycles. The molecule has 7 nitrogen and oxygen atoms in total. The van der Waals surface area contributed by atoms with Gasteiger partial charge in [0, 0.05) is 43.6 Å². The summed E-state index contributed by atoms with van der Waals surface area (Å²) in [5.74, 6) is 1.70. The summed E-state index contributed by atoms with van der Waals surface area (Å²) in [6.45, 7) is 3.40. The van der Waals surface area contributed by atoms with Crippen LogP contribution in [0.15, 0.2) is 53.8 Å². The van der Waals surface area contributed by atoms with E-state index in [2.05, 4.69) is 38.5 Å². The molecule has 29 heavy (non-hydrogen) atoms. The van der Waals surface area contributed by atoms with Gasteiger partial charge in [0.15, 0.2) is 0 Å². The molecule has 0 amide bonds. The number of aromatic nitrogens is 5. The van der Waals surface area contributed by atoms with E-state index in [4.69, 9.17) is 0 Å². The van der Waals surface area contributed by atoms with Crippen LogP contribution in [0.2, 0.25) is 0 Å². The van der Waals surface area contributed by atoms with Crippen LogP contribution < -0.4 is 10.9 Å². The van der Waals surface area contributed by atoms with E-state index in [1.807, 2.05) is 27.5 Å². The maximum Gasteiger partial charge on any atom is 0.261 e. The number of hydrogen-bond acceptors (Lipinski definition) is 4. The van der Waals surface area contributed by atoms with E-state index in [-0.39, 0.29) is 5.56 Å². The average molecular weight is 386 g/mol. The molecule has 146 valence electrons. The van der Waals surface area contributed by atoms with E-state index in [9.17, 15) is 4.79 Å². The van der Waals surface area contributed by atoms with Gasteiger partial charge in [-0.3, -0.25) is 4.79 Å². The third-order valence-corrected chi connectivity index (χ3v) is 6.30. The number of hydrogen-bond donors (Lipinski definition) is 2. The molecular weight excluding hydrogens is 364 g/mol. The zero-order valence-corrected chi connectivity index (χ0v) is 16.0. The second-order valence-corrected chi connectivity index (χ2v) is 8.18. The van der Waals surface area contributed by atoms with E-state index >= 15 is 0 Å². The summed E-state index contributed by atoms with van der Waals surface area (Å²) in [5, 5.41) is 3.50. The van der Waals surface area contributed by atoms with E-state index < -0.39 is 0 Å². The van der Waals surface area contributed by atoms with Crippen LogP contribution in [-0.4, -0.2) is 37.2 Å². The van der Waals surface area contributed by atoms with Gasteiger partial charge in [-0.05, 0) is 48.7 Å². The highest BCUT2D eigenvalue weighted by Gasteiger charge is 2.31. The first-order valence-corrected chi connectivity index (χ1v) is 10.1. The highest BCUT2D eigenvalue weighted by molar-refractivity contribution is 5.75. The third-order valence-electron chi connectivity index (χ3n) is 6.30. The number of benzene rings is 1. The molecule has 0 aliphatic carbocycles. The molecule has 1 fully saturated rings. The number of pyridine rings is 1. The van der Waals surface area contributed by atoms with Crippen molar-refractivity contribution in [2.75, 3.05) is 13.1 Å². The first-order valence-electron chi connectivity index (χ1n) is 10.1. The van der Waals surface area contributed by atoms with E-state index in [1.54, 1.807) is 12.5 Å². The first kappa shape index (κ1) is 16.7. The normalized spacial score (nSPS) is 20.7. The Kier molecular flexibility index (Phi) is 3.70. The van der Waals surface area contributed by atoms with Crippen molar-refractivity contribution in [3.05, 3.63) is 70.7 Å². The lowest BCUT2D eigenvalue weighted by molar-refractivity contribution is 0.257. The molecule has 4 aromatic rings. The number of aromatic amines is 1. The Hall–Kier alpha value is -3.19. The van der Waals surface area contributed by atoms with Gasteiger partial charge in [-0.2, -0.15) is 0 Å². The van der Waals surface area contributed by atoms with Crippen molar-refractivity contribution in [2.24, 2.45) is 5.92 Å². The Balaban J connectivity index is 1.39. The Morgan fingerprint density at radius 3 is 3.07 bits per heavy atom. The highest BCUT2D eigenvalue weighted by atomic mass is 16.1. The van der Waals surface area contributed by atoms with Crippen molar-refractivity contribution in [2.45, 2.75) is 25.4 Å². The molecule has 0 spiro atoms. The number of H-pyrrole nitrogens is 1. The average Bonchev–Trinajstić information content (AvgIpc) is 3.38. The Labute approximate surface area is 167 Å². The number of fused-ring (bicyclic) bond motifs is 5. The molecule has 2 N–H and O–H groups in total. The number of nitrogens with one attached hydrogen (secondary N) is 2. The fourth-order valence-electron chi connectivity index (χ4n) is 4.92. The monoisotopic (exact) mass is 386 g/mol. The van der Waals surface area contributed by atoms with Crippen LogP contribution in [0, 0.1) is 5.92 Å². The van der Waals surface area contributed by atoms with Crippen molar-refractivity contribution < 1.29 is 0 Å². The molecule has 0 saturated carbocycles. The summed E-state index contributed by atoms with van der Waals surface area (Å²) in [4.78, 5) is 25.3. The molecule has 2 aliphatic rings. The predicted molar refractivity (Wildman–Crippen MR) is 111 cm³/mol. The Bertz CT molecular complexity index is 1270. The van der Waals surface area contributed by atoms with E-state index in [0.29, 0.717) is 23.9 Å². The van der Waals surface area contributed by atoms with Gasteiger partial charge >= 0.3 is 0 Å². The van der Waals surface area contributed by atoms with Crippen LogP contribution in [0.3, 0.4) is 0 Å². The summed E-state index contributed by atoms with van der Waals surface area (Å²) in [6, 6.07) is 10.3. The van der Waals surface area contributed by atoms with Gasteiger partial charge < -0.3 is 19.4 Å². The molecule has 2 bridgehead atoms. The summed E-state index contributed by atoms with van der Waals surface area (Å²) in [7, 11) is 0. The fourth-order valence-corrected chi connectivity index (χ4v) is 4.92. The van der Waals surface area contributed by atoms with Crippen LogP contribution in [0.4, 0.5) is 0 Å². The van der Waals surface area contributed by atoms with Crippen molar-refractivity contribution >= 4 is 11.0 Å². The summed E-state index contributed by atoms with van der Waals surface area (Å²) < 4.78 is 4.04. The minimum Gasteiger partial charge on any atom is -0.345 e. The molecule has 6 rings (SSSR count). The quantitative estimate of drug-likeness (QED) is 0.566. The molecule has 1 saturated heterocycles. The summed E-state index contributed by atoms with van der Waals surface area (Å²) >= 11 is 0. The fraction of sp³-hybridized carbons (Fsp3) is 0.318. The zero-order valence-electron chi connectivity index (χ0n) is 16.0. The van der Waals surface area contributed by atoms with Crippen molar-refractivity contribution in [3.8, 4) is 11.4 Å². The molecular formula is C22H22N6O. The van der Waals surface area contributed by atoms with E-state index in [1.165, 1.54) is 6.42 Å². The number of rotatable bonds is 3. The zero-order chi connectivity index (χ0) is 19.4. The molecule has 1 aromatic carbocycles.